The van der Waals surface area contributed by atoms with E-state index in [1.165, 1.54) is 17.7 Å². The predicted octanol–water partition coefficient (Wildman–Crippen LogP) is 5.04. The lowest BCUT2D eigenvalue weighted by Crippen LogP contribution is -2.46. The zero-order valence-electron chi connectivity index (χ0n) is 19.7. The maximum Gasteiger partial charge on any atom is 0.339 e. The van der Waals surface area contributed by atoms with Gasteiger partial charge in [0.2, 0.25) is 10.9 Å². The van der Waals surface area contributed by atoms with Crippen molar-refractivity contribution >= 4 is 34.2 Å². The Morgan fingerprint density at radius 2 is 1.72 bits per heavy atom. The molecule has 0 N–H and O–H groups in total. The van der Waals surface area contributed by atoms with Crippen molar-refractivity contribution in [3.8, 4) is 0 Å². The average Bonchev–Trinajstić information content (AvgIpc) is 3.12. The molecule has 0 fully saturated rings. The molecule has 1 aromatic rings. The van der Waals surface area contributed by atoms with Crippen LogP contribution in [0.5, 0.6) is 0 Å². The Balaban J connectivity index is 2.01. The standard InChI is InChI=1S/C23H37ClN4O3S/c1-5-7-9-13-25(4)21-12-11-20(22(24)17-21)18-26-15-16-27(19(26)3)23(29)28(32(30)31)14-10-8-6-2/h11-12,15-17,19,32H,5-10,13-14,18H2,1-4H3. The van der Waals surface area contributed by atoms with Gasteiger partial charge in [-0.1, -0.05) is 57.2 Å². The van der Waals surface area contributed by atoms with Crippen LogP contribution in [0.25, 0.3) is 0 Å². The van der Waals surface area contributed by atoms with Crippen molar-refractivity contribution in [2.24, 2.45) is 0 Å². The summed E-state index contributed by atoms with van der Waals surface area (Å²) < 4.78 is 24.2. The minimum Gasteiger partial charge on any atom is -0.375 e. The van der Waals surface area contributed by atoms with Crippen LogP contribution in [-0.2, 0) is 17.4 Å². The Labute approximate surface area is 199 Å². The van der Waals surface area contributed by atoms with E-state index in [0.29, 0.717) is 18.0 Å². The number of urea groups is 1. The van der Waals surface area contributed by atoms with Crippen molar-refractivity contribution in [3.63, 3.8) is 0 Å². The molecule has 1 unspecified atom stereocenters. The van der Waals surface area contributed by atoms with Gasteiger partial charge in [-0.15, -0.1) is 0 Å². The van der Waals surface area contributed by atoms with Crippen molar-refractivity contribution in [3.05, 3.63) is 41.2 Å². The van der Waals surface area contributed by atoms with Gasteiger partial charge >= 0.3 is 6.03 Å². The van der Waals surface area contributed by atoms with Crippen molar-refractivity contribution in [1.29, 1.82) is 0 Å². The first-order valence-corrected chi connectivity index (χ1v) is 13.0. The van der Waals surface area contributed by atoms with E-state index in [4.69, 9.17) is 11.6 Å². The summed E-state index contributed by atoms with van der Waals surface area (Å²) in [5.41, 5.74) is 2.04. The first kappa shape index (κ1) is 26.3. The predicted molar refractivity (Wildman–Crippen MR) is 132 cm³/mol. The summed E-state index contributed by atoms with van der Waals surface area (Å²) in [5.74, 6) is 0. The highest BCUT2D eigenvalue weighted by atomic mass is 35.5. The summed E-state index contributed by atoms with van der Waals surface area (Å²) in [6, 6.07) is 5.55. The first-order chi connectivity index (χ1) is 15.3. The van der Waals surface area contributed by atoms with E-state index in [9.17, 15) is 13.2 Å². The monoisotopic (exact) mass is 484 g/mol. The normalized spacial score (nSPS) is 15.6. The van der Waals surface area contributed by atoms with E-state index in [2.05, 4.69) is 24.9 Å². The molecule has 0 spiro atoms. The Morgan fingerprint density at radius 1 is 1.06 bits per heavy atom. The fourth-order valence-corrected chi connectivity index (χ4v) is 4.48. The van der Waals surface area contributed by atoms with Gasteiger partial charge in [-0.05, 0) is 37.5 Å². The smallest absolute Gasteiger partial charge is 0.339 e. The second-order valence-corrected chi connectivity index (χ2v) is 9.63. The molecule has 0 aromatic heterocycles. The molecule has 1 aliphatic rings. The highest BCUT2D eigenvalue weighted by Crippen LogP contribution is 2.27. The maximum absolute atomic E-state index is 12.8. The van der Waals surface area contributed by atoms with Crippen molar-refractivity contribution < 1.29 is 13.2 Å². The van der Waals surface area contributed by atoms with Gasteiger partial charge in [-0.3, -0.25) is 4.90 Å². The molecule has 180 valence electrons. The lowest BCUT2D eigenvalue weighted by atomic mass is 10.1. The van der Waals surface area contributed by atoms with E-state index >= 15 is 0 Å². The summed E-state index contributed by atoms with van der Waals surface area (Å²) in [5, 5.41) is 0.680. The number of unbranched alkanes of at least 4 members (excludes halogenated alkanes) is 4. The molecule has 2 amide bonds. The molecule has 0 radical (unpaired) electrons. The minimum atomic E-state index is -2.97. The molecule has 9 heteroatoms. The van der Waals surface area contributed by atoms with E-state index in [1.807, 2.05) is 37.1 Å². The lowest BCUT2D eigenvalue weighted by molar-refractivity contribution is 0.147. The van der Waals surface area contributed by atoms with Crippen LogP contribution >= 0.6 is 11.6 Å². The molecule has 7 nitrogen and oxygen atoms in total. The molecule has 0 aliphatic carbocycles. The van der Waals surface area contributed by atoms with Crippen molar-refractivity contribution in [1.82, 2.24) is 14.1 Å². The lowest BCUT2D eigenvalue weighted by Gasteiger charge is -2.31. The molecule has 0 bridgehead atoms. The Morgan fingerprint density at radius 3 is 2.31 bits per heavy atom. The summed E-state index contributed by atoms with van der Waals surface area (Å²) in [6.45, 7) is 7.83. The van der Waals surface area contributed by atoms with Gasteiger partial charge < -0.3 is 9.80 Å². The first-order valence-electron chi connectivity index (χ1n) is 11.5. The van der Waals surface area contributed by atoms with Crippen LogP contribution < -0.4 is 4.90 Å². The van der Waals surface area contributed by atoms with E-state index < -0.39 is 16.9 Å². The number of carbonyl (C=O) groups excluding carboxylic acids is 1. The van der Waals surface area contributed by atoms with E-state index in [-0.39, 0.29) is 12.7 Å². The molecule has 2 rings (SSSR count). The van der Waals surface area contributed by atoms with Crippen LogP contribution in [0.2, 0.25) is 5.02 Å². The minimum absolute atomic E-state index is 0.210. The zero-order chi connectivity index (χ0) is 23.7. The fourth-order valence-electron chi connectivity index (χ4n) is 3.69. The molecule has 32 heavy (non-hydrogen) atoms. The van der Waals surface area contributed by atoms with Crippen LogP contribution in [0.1, 0.15) is 64.9 Å². The van der Waals surface area contributed by atoms with Gasteiger partial charge in [0, 0.05) is 49.8 Å². The highest BCUT2D eigenvalue weighted by molar-refractivity contribution is 7.70. The molecule has 1 heterocycles. The summed E-state index contributed by atoms with van der Waals surface area (Å²) in [6.07, 6.45) is 9.20. The molecule has 1 atom stereocenters. The largest absolute Gasteiger partial charge is 0.375 e. The number of rotatable bonds is 12. The fraction of sp³-hybridized carbons (Fsp3) is 0.609. The Bertz CT molecular complexity index is 854. The van der Waals surface area contributed by atoms with Crippen LogP contribution in [0.3, 0.4) is 0 Å². The van der Waals surface area contributed by atoms with Crippen molar-refractivity contribution in [2.45, 2.75) is 72.0 Å². The third-order valence-corrected chi connectivity index (χ3v) is 6.96. The van der Waals surface area contributed by atoms with Gasteiger partial charge in [-0.2, -0.15) is 0 Å². The number of halogens is 1. The average molecular weight is 485 g/mol. The number of amides is 2. The number of anilines is 1. The number of thiol groups is 1. The van der Waals surface area contributed by atoms with Crippen molar-refractivity contribution in [2.75, 3.05) is 25.0 Å². The number of benzene rings is 1. The number of hydrogen-bond donors (Lipinski definition) is 1. The molecular weight excluding hydrogens is 448 g/mol. The molecule has 1 aliphatic heterocycles. The zero-order valence-corrected chi connectivity index (χ0v) is 21.3. The van der Waals surface area contributed by atoms with Gasteiger partial charge in [-0.25, -0.2) is 17.5 Å². The van der Waals surface area contributed by atoms with Crippen LogP contribution in [-0.4, -0.2) is 54.9 Å². The Hall–Kier alpha value is -1.93. The van der Waals surface area contributed by atoms with E-state index in [1.54, 1.807) is 6.20 Å². The topological polar surface area (TPSA) is 64.2 Å². The number of hydrogen-bond acceptors (Lipinski definition) is 5. The summed E-state index contributed by atoms with van der Waals surface area (Å²) >= 11 is 6.58. The number of nitrogens with zero attached hydrogens (tertiary/aromatic N) is 4. The van der Waals surface area contributed by atoms with Crippen LogP contribution in [0.15, 0.2) is 30.6 Å². The maximum atomic E-state index is 12.8. The third kappa shape index (κ3) is 7.04. The van der Waals surface area contributed by atoms with Gasteiger partial charge in [0.1, 0.15) is 6.17 Å². The summed E-state index contributed by atoms with van der Waals surface area (Å²) in [7, 11) is -0.902. The quantitative estimate of drug-likeness (QED) is 0.332. The highest BCUT2D eigenvalue weighted by Gasteiger charge is 2.31. The van der Waals surface area contributed by atoms with E-state index in [0.717, 1.165) is 41.4 Å². The third-order valence-electron chi connectivity index (χ3n) is 5.84. The van der Waals surface area contributed by atoms with Gasteiger partial charge in [0.25, 0.3) is 0 Å². The van der Waals surface area contributed by atoms with Gasteiger partial charge in [0.15, 0.2) is 0 Å². The number of carbonyl (C=O) groups is 1. The second kappa shape index (κ2) is 12.9. The molecular formula is C23H37ClN4O3S. The summed E-state index contributed by atoms with van der Waals surface area (Å²) in [4.78, 5) is 18.5. The molecule has 0 saturated heterocycles. The SMILES string of the molecule is CCCCCN(C)c1ccc(CN2C=CN(C(=O)N(CCCCC)[SH](=O)=O)C2C)c(Cl)c1. The molecule has 1 aromatic carbocycles. The van der Waals surface area contributed by atoms with Crippen LogP contribution in [0, 0.1) is 0 Å². The second-order valence-electron chi connectivity index (χ2n) is 8.26. The Kier molecular flexibility index (Phi) is 10.6. The van der Waals surface area contributed by atoms with Crippen LogP contribution in [0.4, 0.5) is 10.5 Å². The van der Waals surface area contributed by atoms with Gasteiger partial charge in [0.05, 0.1) is 0 Å². The molecule has 0 saturated carbocycles.